The van der Waals surface area contributed by atoms with E-state index in [4.69, 9.17) is 0 Å². The zero-order valence-corrected chi connectivity index (χ0v) is 15.4. The summed E-state index contributed by atoms with van der Waals surface area (Å²) in [5.41, 5.74) is -3.06. The van der Waals surface area contributed by atoms with Gasteiger partial charge in [-0.05, 0) is 13.8 Å². The van der Waals surface area contributed by atoms with Crippen molar-refractivity contribution in [3.05, 3.63) is 0 Å². The van der Waals surface area contributed by atoms with Crippen molar-refractivity contribution in [2.75, 3.05) is 0 Å². The molecule has 1 atom stereocenters. The molecule has 0 aliphatic heterocycles. The first-order chi connectivity index (χ1) is 3.42. The van der Waals surface area contributed by atoms with E-state index in [9.17, 15) is 4.89 Å². The van der Waals surface area contributed by atoms with Crippen molar-refractivity contribution in [1.29, 1.82) is 0 Å². The van der Waals surface area contributed by atoms with Gasteiger partial charge in [0.15, 0.2) is 0 Å². The molecule has 10 heavy (non-hydrogen) atoms. The maximum Gasteiger partial charge on any atom is 1.00 e. The summed E-state index contributed by atoms with van der Waals surface area (Å²) < 4.78 is 4.62. The SMILES string of the molecule is CC(C)OP([O-])(=S)[S-].[K+].[K+]. The third-order valence-electron chi connectivity index (χ3n) is 0.340. The summed E-state index contributed by atoms with van der Waals surface area (Å²) in [5, 5.41) is 0. The summed E-state index contributed by atoms with van der Waals surface area (Å²) in [6.07, 6.45) is -0.129. The third-order valence-corrected chi connectivity index (χ3v) is 1.54. The minimum absolute atomic E-state index is 0. The van der Waals surface area contributed by atoms with Crippen LogP contribution in [-0.2, 0) is 28.6 Å². The van der Waals surface area contributed by atoms with Crippen LogP contribution in [0.15, 0.2) is 0 Å². The fourth-order valence-corrected chi connectivity index (χ4v) is 1.81. The van der Waals surface area contributed by atoms with E-state index in [-0.39, 0.29) is 109 Å². The summed E-state index contributed by atoms with van der Waals surface area (Å²) in [5.74, 6) is 0. The summed E-state index contributed by atoms with van der Waals surface area (Å²) in [6.45, 7) is 3.48. The topological polar surface area (TPSA) is 32.3 Å². The van der Waals surface area contributed by atoms with Gasteiger partial charge in [0.05, 0.1) is 6.10 Å². The number of hydrogen-bond acceptors (Lipinski definition) is 4. The van der Waals surface area contributed by atoms with Crippen molar-refractivity contribution in [2.45, 2.75) is 20.0 Å². The smallest absolute Gasteiger partial charge is 0.819 e. The summed E-state index contributed by atoms with van der Waals surface area (Å²) in [7, 11) is 0. The van der Waals surface area contributed by atoms with Crippen molar-refractivity contribution in [1.82, 2.24) is 0 Å². The van der Waals surface area contributed by atoms with Crippen LogP contribution in [0, 0.1) is 0 Å². The zero-order chi connectivity index (χ0) is 6.78. The van der Waals surface area contributed by atoms with Gasteiger partial charge >= 0.3 is 103 Å². The van der Waals surface area contributed by atoms with E-state index >= 15 is 0 Å². The first kappa shape index (κ1) is 19.7. The van der Waals surface area contributed by atoms with Crippen LogP contribution in [0.25, 0.3) is 0 Å². The van der Waals surface area contributed by atoms with E-state index in [0.29, 0.717) is 0 Å². The predicted molar refractivity (Wildman–Crippen MR) is 37.9 cm³/mol. The molecule has 0 fully saturated rings. The Morgan fingerprint density at radius 3 is 1.80 bits per heavy atom. The second-order valence-electron chi connectivity index (χ2n) is 1.60. The minimum Gasteiger partial charge on any atom is -0.819 e. The van der Waals surface area contributed by atoms with Crippen LogP contribution in [0.5, 0.6) is 0 Å². The molecule has 0 rings (SSSR count). The Morgan fingerprint density at radius 2 is 1.80 bits per heavy atom. The van der Waals surface area contributed by atoms with Gasteiger partial charge in [-0.2, -0.15) is 0 Å². The second kappa shape index (κ2) is 9.74. The van der Waals surface area contributed by atoms with Crippen LogP contribution in [0.1, 0.15) is 13.8 Å². The van der Waals surface area contributed by atoms with Gasteiger partial charge in [-0.3, -0.25) is 0 Å². The molecule has 0 radical (unpaired) electrons. The quantitative estimate of drug-likeness (QED) is 0.277. The molecule has 0 heterocycles. The van der Waals surface area contributed by atoms with Gasteiger partial charge in [0.1, 0.15) is 0 Å². The second-order valence-corrected chi connectivity index (χ2v) is 6.28. The molecule has 7 heteroatoms. The molecule has 0 saturated carbocycles. The molecule has 2 nitrogen and oxygen atoms in total. The fraction of sp³-hybridized carbons (Fsp3) is 1.00. The van der Waals surface area contributed by atoms with E-state index in [1.165, 1.54) is 0 Å². The van der Waals surface area contributed by atoms with Gasteiger partial charge in [0.25, 0.3) is 0 Å². The van der Waals surface area contributed by atoms with Gasteiger partial charge in [-0.1, -0.05) is 0 Å². The standard InChI is InChI=1S/C3H9O2PS2.2K/c1-3(2)5-6(4,7)8;;/h3H,1-2H3,(H2,4,7,8);;/q;2*+1/p-2. The molecule has 0 aromatic carbocycles. The molecule has 0 aliphatic carbocycles. The maximum absolute atomic E-state index is 10.4. The third kappa shape index (κ3) is 18.1. The molecule has 0 aromatic heterocycles. The van der Waals surface area contributed by atoms with Gasteiger partial charge < -0.3 is 21.7 Å². The van der Waals surface area contributed by atoms with Crippen LogP contribution in [-0.4, -0.2) is 6.10 Å². The van der Waals surface area contributed by atoms with Crippen molar-refractivity contribution in [3.63, 3.8) is 0 Å². The Kier molecular flexibility index (Phi) is 19.2. The molecule has 0 bridgehead atoms. The van der Waals surface area contributed by atoms with Crippen molar-refractivity contribution in [2.24, 2.45) is 0 Å². The summed E-state index contributed by atoms with van der Waals surface area (Å²) in [4.78, 5) is 10.4. The first-order valence-electron chi connectivity index (χ1n) is 2.12. The van der Waals surface area contributed by atoms with Crippen molar-refractivity contribution < 1.29 is 112 Å². The van der Waals surface area contributed by atoms with Crippen LogP contribution in [0.4, 0.5) is 0 Å². The van der Waals surface area contributed by atoms with E-state index in [1.807, 2.05) is 0 Å². The molecular weight excluding hydrogens is 241 g/mol. The predicted octanol–water partition coefficient (Wildman–Crippen LogP) is -5.45. The van der Waals surface area contributed by atoms with E-state index < -0.39 is 5.69 Å². The molecule has 0 aliphatic rings. The van der Waals surface area contributed by atoms with Crippen LogP contribution >= 0.6 is 5.69 Å². The Labute approximate surface area is 157 Å². The van der Waals surface area contributed by atoms with Crippen LogP contribution in [0.2, 0.25) is 0 Å². The first-order valence-corrected chi connectivity index (χ1v) is 5.77. The Morgan fingerprint density at radius 1 is 1.50 bits per heavy atom. The van der Waals surface area contributed by atoms with Gasteiger partial charge in [0.2, 0.25) is 0 Å². The normalized spacial score (nSPS) is 14.9. The van der Waals surface area contributed by atoms with E-state index in [1.54, 1.807) is 13.8 Å². The molecule has 50 valence electrons. The minimum atomic E-state index is -3.06. The Hall–Kier alpha value is 4.19. The molecule has 0 amide bonds. The van der Waals surface area contributed by atoms with Crippen molar-refractivity contribution in [3.8, 4) is 0 Å². The molecule has 0 aromatic rings. The largest absolute Gasteiger partial charge is 1.00 e. The van der Waals surface area contributed by atoms with Gasteiger partial charge in [-0.25, -0.2) is 0 Å². The molecule has 0 saturated heterocycles. The van der Waals surface area contributed by atoms with E-state index in [2.05, 4.69) is 28.6 Å². The Bertz CT molecular complexity index is 115. The zero-order valence-electron chi connectivity index (χ0n) is 6.66. The van der Waals surface area contributed by atoms with Crippen LogP contribution in [0.3, 0.4) is 0 Å². The van der Waals surface area contributed by atoms with Gasteiger partial charge in [-0.15, -0.1) is 17.5 Å². The number of hydrogen-bond donors (Lipinski definition) is 0. The van der Waals surface area contributed by atoms with Gasteiger partial charge in [0, 0.05) is 0 Å². The number of rotatable bonds is 2. The molecule has 0 N–H and O–H groups in total. The molecule has 0 spiro atoms. The summed E-state index contributed by atoms with van der Waals surface area (Å²) in [6, 6.07) is 0. The molecule has 1 unspecified atom stereocenters. The van der Waals surface area contributed by atoms with E-state index in [0.717, 1.165) is 0 Å². The average molecular weight is 248 g/mol. The summed E-state index contributed by atoms with van der Waals surface area (Å²) >= 11 is 8.62. The maximum atomic E-state index is 10.4. The van der Waals surface area contributed by atoms with Crippen LogP contribution < -0.4 is 108 Å². The molecular formula is C3H7K2O2PS2. The Balaban J connectivity index is -0.000000245. The average Bonchev–Trinajstić information content (AvgIpc) is 1.21. The monoisotopic (exact) mass is 248 g/mol. The fourth-order valence-electron chi connectivity index (χ4n) is 0.258. The van der Waals surface area contributed by atoms with Crippen molar-refractivity contribution >= 4 is 29.7 Å².